The zero-order valence-corrected chi connectivity index (χ0v) is 17.7. The Morgan fingerprint density at radius 2 is 1.60 bits per heavy atom. The number of sulfonamides is 1. The Kier molecular flexibility index (Phi) is 7.23. The molecule has 1 heterocycles. The highest BCUT2D eigenvalue weighted by Gasteiger charge is 2.26. The minimum Gasteiger partial charge on any atom is -0.497 e. The van der Waals surface area contributed by atoms with Gasteiger partial charge in [0.2, 0.25) is 10.0 Å². The van der Waals surface area contributed by atoms with Crippen LogP contribution in [0.2, 0.25) is 0 Å². The molecule has 0 atom stereocenters. The average Bonchev–Trinajstić information content (AvgIpc) is 3.07. The summed E-state index contributed by atoms with van der Waals surface area (Å²) < 4.78 is 37.5. The highest BCUT2D eigenvalue weighted by atomic mass is 32.2. The van der Waals surface area contributed by atoms with E-state index in [2.05, 4.69) is 0 Å². The quantitative estimate of drug-likeness (QED) is 0.494. The van der Waals surface area contributed by atoms with Gasteiger partial charge in [0.25, 0.3) is 0 Å². The molecule has 0 spiro atoms. The Morgan fingerprint density at radius 3 is 2.30 bits per heavy atom. The number of rotatable bonds is 7. The van der Waals surface area contributed by atoms with Crippen molar-refractivity contribution in [1.29, 1.82) is 0 Å². The molecular formula is C22H25NO6S. The summed E-state index contributed by atoms with van der Waals surface area (Å²) in [5.74, 6) is -0.603. The predicted octanol–water partition coefficient (Wildman–Crippen LogP) is 3.30. The molecule has 30 heavy (non-hydrogen) atoms. The normalized spacial score (nSPS) is 15.2. The van der Waals surface area contributed by atoms with Gasteiger partial charge in [-0.2, -0.15) is 4.31 Å². The summed E-state index contributed by atoms with van der Waals surface area (Å²) in [7, 11) is -2.18. The number of nitrogens with zero attached hydrogens (tertiary/aromatic N) is 1. The molecule has 1 fully saturated rings. The number of hydrogen-bond acceptors (Lipinski definition) is 6. The third kappa shape index (κ3) is 5.25. The molecule has 1 aliphatic rings. The summed E-state index contributed by atoms with van der Waals surface area (Å²) in [5.41, 5.74) is 0.448. The van der Waals surface area contributed by atoms with Gasteiger partial charge in [0, 0.05) is 18.7 Å². The summed E-state index contributed by atoms with van der Waals surface area (Å²) >= 11 is 0. The Labute approximate surface area is 176 Å². The number of carbonyl (C=O) groups is 2. The Balaban J connectivity index is 1.69. The molecule has 1 aliphatic heterocycles. The first-order valence-electron chi connectivity index (χ1n) is 9.86. The maximum absolute atomic E-state index is 12.9. The van der Waals surface area contributed by atoms with E-state index in [4.69, 9.17) is 9.47 Å². The second-order valence-corrected chi connectivity index (χ2v) is 9.02. The summed E-state index contributed by atoms with van der Waals surface area (Å²) in [4.78, 5) is 24.7. The van der Waals surface area contributed by atoms with E-state index in [1.54, 1.807) is 24.3 Å². The van der Waals surface area contributed by atoms with E-state index in [0.717, 1.165) is 25.7 Å². The van der Waals surface area contributed by atoms with Crippen molar-refractivity contribution in [3.8, 4) is 5.75 Å². The molecule has 3 rings (SSSR count). The van der Waals surface area contributed by atoms with Crippen LogP contribution in [0.25, 0.3) is 0 Å². The summed E-state index contributed by atoms with van der Waals surface area (Å²) in [6.07, 6.45) is 3.68. The molecule has 0 amide bonds. The van der Waals surface area contributed by atoms with Crippen LogP contribution in [0.3, 0.4) is 0 Å². The van der Waals surface area contributed by atoms with Crippen LogP contribution >= 0.6 is 0 Å². The average molecular weight is 432 g/mol. The van der Waals surface area contributed by atoms with Crippen LogP contribution in [0, 0.1) is 0 Å². The van der Waals surface area contributed by atoms with E-state index in [0.29, 0.717) is 24.4 Å². The highest BCUT2D eigenvalue weighted by molar-refractivity contribution is 7.89. The summed E-state index contributed by atoms with van der Waals surface area (Å²) in [6.45, 7) is 0.507. The Bertz CT molecular complexity index is 1010. The van der Waals surface area contributed by atoms with Gasteiger partial charge in [-0.1, -0.05) is 31.0 Å². The van der Waals surface area contributed by atoms with Gasteiger partial charge in [0.1, 0.15) is 5.75 Å². The van der Waals surface area contributed by atoms with Gasteiger partial charge < -0.3 is 9.47 Å². The third-order valence-electron chi connectivity index (χ3n) is 5.00. The van der Waals surface area contributed by atoms with Crippen LogP contribution in [-0.4, -0.2) is 51.3 Å². The van der Waals surface area contributed by atoms with E-state index >= 15 is 0 Å². The van der Waals surface area contributed by atoms with Crippen LogP contribution < -0.4 is 4.74 Å². The number of ether oxygens (including phenoxy) is 2. The second-order valence-electron chi connectivity index (χ2n) is 7.08. The number of carbonyl (C=O) groups excluding carboxylic acids is 2. The number of methoxy groups -OCH3 is 1. The van der Waals surface area contributed by atoms with Crippen LogP contribution in [-0.2, 0) is 14.8 Å². The monoisotopic (exact) mass is 431 g/mol. The fraction of sp³-hybridized carbons (Fsp3) is 0.364. The molecule has 0 N–H and O–H groups in total. The van der Waals surface area contributed by atoms with Gasteiger partial charge in [-0.25, -0.2) is 13.2 Å². The second kappa shape index (κ2) is 9.86. The maximum Gasteiger partial charge on any atom is 0.338 e. The lowest BCUT2D eigenvalue weighted by molar-refractivity contribution is 0.0474. The lowest BCUT2D eigenvalue weighted by atomic mass is 10.1. The van der Waals surface area contributed by atoms with Crippen molar-refractivity contribution in [1.82, 2.24) is 4.31 Å². The number of esters is 1. The minimum atomic E-state index is -3.68. The minimum absolute atomic E-state index is 0.0537. The predicted molar refractivity (Wildman–Crippen MR) is 111 cm³/mol. The summed E-state index contributed by atoms with van der Waals surface area (Å²) in [6, 6.07) is 12.3. The number of benzene rings is 2. The number of Topliss-reactive ketones (excluding diaryl/α,β-unsaturated/α-hetero) is 1. The molecule has 0 saturated carbocycles. The lowest BCUT2D eigenvalue weighted by Gasteiger charge is -2.20. The van der Waals surface area contributed by atoms with Crippen molar-refractivity contribution in [2.75, 3.05) is 26.8 Å². The third-order valence-corrected chi connectivity index (χ3v) is 6.89. The molecule has 7 nitrogen and oxygen atoms in total. The SMILES string of the molecule is COc1cccc(C(=O)COC(=O)c2cccc(S(=O)(=O)N3CCCCCC3)c2)c1. The van der Waals surface area contributed by atoms with E-state index in [9.17, 15) is 18.0 Å². The van der Waals surface area contributed by atoms with Gasteiger partial charge in [-0.05, 0) is 43.2 Å². The van der Waals surface area contributed by atoms with Gasteiger partial charge in [-0.3, -0.25) is 4.79 Å². The zero-order valence-electron chi connectivity index (χ0n) is 16.9. The molecule has 0 unspecified atom stereocenters. The van der Waals surface area contributed by atoms with Crippen LogP contribution in [0.1, 0.15) is 46.4 Å². The van der Waals surface area contributed by atoms with Gasteiger partial charge >= 0.3 is 5.97 Å². The van der Waals surface area contributed by atoms with Crippen LogP contribution in [0.4, 0.5) is 0 Å². The fourth-order valence-corrected chi connectivity index (χ4v) is 4.87. The van der Waals surface area contributed by atoms with E-state index in [-0.39, 0.29) is 16.2 Å². The smallest absolute Gasteiger partial charge is 0.338 e. The van der Waals surface area contributed by atoms with Gasteiger partial charge in [0.15, 0.2) is 12.4 Å². The highest BCUT2D eigenvalue weighted by Crippen LogP contribution is 2.21. The van der Waals surface area contributed by atoms with Crippen LogP contribution in [0.15, 0.2) is 53.4 Å². The summed E-state index contributed by atoms with van der Waals surface area (Å²) in [5, 5.41) is 0. The van der Waals surface area contributed by atoms with E-state index < -0.39 is 22.6 Å². The molecule has 160 valence electrons. The van der Waals surface area contributed by atoms with Crippen molar-refractivity contribution in [3.05, 3.63) is 59.7 Å². The van der Waals surface area contributed by atoms with Crippen molar-refractivity contribution in [2.45, 2.75) is 30.6 Å². The molecule has 2 aromatic carbocycles. The Morgan fingerprint density at radius 1 is 0.933 bits per heavy atom. The first-order chi connectivity index (χ1) is 14.4. The number of hydrogen-bond donors (Lipinski definition) is 0. The fourth-order valence-electron chi connectivity index (χ4n) is 3.31. The molecular weight excluding hydrogens is 406 g/mol. The van der Waals surface area contributed by atoms with Crippen molar-refractivity contribution < 1.29 is 27.5 Å². The number of ketones is 1. The molecule has 0 bridgehead atoms. The lowest BCUT2D eigenvalue weighted by Crippen LogP contribution is -2.32. The molecule has 0 aliphatic carbocycles. The maximum atomic E-state index is 12.9. The molecule has 1 saturated heterocycles. The molecule has 0 radical (unpaired) electrons. The molecule has 8 heteroatoms. The Hall–Kier alpha value is -2.71. The van der Waals surface area contributed by atoms with Crippen LogP contribution in [0.5, 0.6) is 5.75 Å². The standard InChI is InChI=1S/C22H25NO6S/c1-28-19-10-6-8-17(14-19)21(24)16-29-22(25)18-9-7-11-20(15-18)30(26,27)23-12-4-2-3-5-13-23/h6-11,14-15H,2-5,12-13,16H2,1H3. The van der Waals surface area contributed by atoms with Crippen molar-refractivity contribution in [3.63, 3.8) is 0 Å². The van der Waals surface area contributed by atoms with Crippen molar-refractivity contribution in [2.24, 2.45) is 0 Å². The van der Waals surface area contributed by atoms with Gasteiger partial charge in [-0.15, -0.1) is 0 Å². The van der Waals surface area contributed by atoms with E-state index in [1.807, 2.05) is 0 Å². The zero-order chi connectivity index (χ0) is 21.6. The largest absolute Gasteiger partial charge is 0.497 e. The molecule has 0 aromatic heterocycles. The van der Waals surface area contributed by atoms with Crippen molar-refractivity contribution >= 4 is 21.8 Å². The first kappa shape index (κ1) is 22.0. The first-order valence-corrected chi connectivity index (χ1v) is 11.3. The van der Waals surface area contributed by atoms with E-state index in [1.165, 1.54) is 35.7 Å². The molecule has 2 aromatic rings. The van der Waals surface area contributed by atoms with Gasteiger partial charge in [0.05, 0.1) is 17.6 Å². The topological polar surface area (TPSA) is 90.0 Å².